The van der Waals surface area contributed by atoms with E-state index in [1.807, 2.05) is 0 Å². The molecule has 90 valence electrons. The van der Waals surface area contributed by atoms with Gasteiger partial charge >= 0.3 is 0 Å². The Morgan fingerprint density at radius 2 is 2.19 bits per heavy atom. The van der Waals surface area contributed by atoms with Crippen LogP contribution in [0.4, 0.5) is 0 Å². The first kappa shape index (κ1) is 12.6. The average molecular weight is 229 g/mol. The number of hydrogen-bond acceptors (Lipinski definition) is 7. The maximum absolute atomic E-state index is 10.6. The zero-order chi connectivity index (χ0) is 12.3. The molecule has 0 aliphatic rings. The largest absolute Gasteiger partial charge is 0.391 e. The molecule has 0 fully saturated rings. The molecule has 0 saturated heterocycles. The Kier molecular flexibility index (Phi) is 3.93. The summed E-state index contributed by atoms with van der Waals surface area (Å²) in [5, 5.41) is 12.8. The summed E-state index contributed by atoms with van der Waals surface area (Å²) in [6, 6.07) is -1.50. The lowest BCUT2D eigenvalue weighted by Gasteiger charge is -2.08. The van der Waals surface area contributed by atoms with Crippen molar-refractivity contribution in [1.29, 1.82) is 0 Å². The fourth-order valence-electron chi connectivity index (χ4n) is 1.05. The zero-order valence-corrected chi connectivity index (χ0v) is 8.83. The fraction of sp³-hybridized carbons (Fsp3) is 0.625. The van der Waals surface area contributed by atoms with E-state index < -0.39 is 24.1 Å². The molecule has 0 radical (unpaired) electrons. The summed E-state index contributed by atoms with van der Waals surface area (Å²) in [6.07, 6.45) is -0.899. The van der Waals surface area contributed by atoms with Gasteiger partial charge in [-0.2, -0.15) is 4.98 Å². The first-order valence-corrected chi connectivity index (χ1v) is 4.73. The minimum atomic E-state index is -0.808. The lowest BCUT2D eigenvalue weighted by molar-refractivity contribution is -0.118. The molecule has 1 unspecified atom stereocenters. The molecule has 0 aromatic carbocycles. The van der Waals surface area contributed by atoms with Crippen molar-refractivity contribution < 1.29 is 14.4 Å². The number of nitrogens with two attached hydrogens (primary N) is 3. The topological polar surface area (TPSA) is 154 Å². The van der Waals surface area contributed by atoms with E-state index in [0.717, 1.165) is 0 Å². The summed E-state index contributed by atoms with van der Waals surface area (Å²) in [4.78, 5) is 14.5. The smallest absolute Gasteiger partial charge is 0.244 e. The molecule has 8 heteroatoms. The summed E-state index contributed by atoms with van der Waals surface area (Å²) >= 11 is 0. The molecule has 1 rings (SSSR count). The number of amides is 1. The van der Waals surface area contributed by atoms with E-state index in [9.17, 15) is 9.90 Å². The van der Waals surface area contributed by atoms with Crippen LogP contribution in [0.25, 0.3) is 0 Å². The van der Waals surface area contributed by atoms with E-state index in [4.69, 9.17) is 21.7 Å². The standard InChI is InChI=1S/C8H15N5O3/c1-3(14)6(11)7-12-8(16-13-7)4(9)2-5(10)15/h3-4,6,14H,2,9,11H2,1H3,(H2,10,15)/t3?,4-,6-/m1/s1. The first-order chi connectivity index (χ1) is 7.41. The second-order valence-electron chi connectivity index (χ2n) is 3.53. The van der Waals surface area contributed by atoms with E-state index in [1.54, 1.807) is 0 Å². The van der Waals surface area contributed by atoms with E-state index in [-0.39, 0.29) is 18.1 Å². The van der Waals surface area contributed by atoms with Gasteiger partial charge in [-0.3, -0.25) is 4.79 Å². The van der Waals surface area contributed by atoms with Gasteiger partial charge in [-0.1, -0.05) is 5.16 Å². The van der Waals surface area contributed by atoms with Gasteiger partial charge in [0, 0.05) is 0 Å². The normalized spacial score (nSPS) is 16.8. The molecule has 1 heterocycles. The Morgan fingerprint density at radius 3 is 2.69 bits per heavy atom. The quantitative estimate of drug-likeness (QED) is 0.470. The van der Waals surface area contributed by atoms with Gasteiger partial charge in [-0.15, -0.1) is 0 Å². The maximum atomic E-state index is 10.6. The number of rotatable bonds is 5. The summed E-state index contributed by atoms with van der Waals surface area (Å²) < 4.78 is 4.81. The summed E-state index contributed by atoms with van der Waals surface area (Å²) in [6.45, 7) is 1.50. The molecule has 0 spiro atoms. The number of aliphatic hydroxyl groups is 1. The molecular formula is C8H15N5O3. The Hall–Kier alpha value is -1.51. The Labute approximate surface area is 91.8 Å². The van der Waals surface area contributed by atoms with Crippen molar-refractivity contribution in [2.24, 2.45) is 17.2 Å². The van der Waals surface area contributed by atoms with Gasteiger partial charge < -0.3 is 26.8 Å². The van der Waals surface area contributed by atoms with Gasteiger partial charge in [-0.25, -0.2) is 0 Å². The highest BCUT2D eigenvalue weighted by atomic mass is 16.5. The number of aromatic nitrogens is 2. The molecule has 7 N–H and O–H groups in total. The second-order valence-corrected chi connectivity index (χ2v) is 3.53. The number of primary amides is 1. The molecule has 0 bridgehead atoms. The van der Waals surface area contributed by atoms with Gasteiger partial charge in [0.05, 0.1) is 24.6 Å². The van der Waals surface area contributed by atoms with E-state index in [1.165, 1.54) is 6.92 Å². The van der Waals surface area contributed by atoms with E-state index >= 15 is 0 Å². The Morgan fingerprint density at radius 1 is 1.56 bits per heavy atom. The van der Waals surface area contributed by atoms with Crippen molar-refractivity contribution in [2.45, 2.75) is 31.5 Å². The van der Waals surface area contributed by atoms with Crippen molar-refractivity contribution in [1.82, 2.24) is 10.1 Å². The number of carbonyl (C=O) groups is 1. The second kappa shape index (κ2) is 5.01. The molecule has 1 amide bonds. The highest BCUT2D eigenvalue weighted by molar-refractivity contribution is 5.74. The highest BCUT2D eigenvalue weighted by Crippen LogP contribution is 2.15. The van der Waals surface area contributed by atoms with Crippen LogP contribution in [0.5, 0.6) is 0 Å². The zero-order valence-electron chi connectivity index (χ0n) is 8.83. The number of hydrogen-bond donors (Lipinski definition) is 4. The summed E-state index contributed by atoms with van der Waals surface area (Å²) in [5.74, 6) is -0.345. The predicted octanol–water partition coefficient (Wildman–Crippen LogP) is -1.67. The van der Waals surface area contributed by atoms with Crippen LogP contribution in [0.15, 0.2) is 4.52 Å². The van der Waals surface area contributed by atoms with E-state index in [0.29, 0.717) is 0 Å². The van der Waals surface area contributed by atoms with E-state index in [2.05, 4.69) is 10.1 Å². The van der Waals surface area contributed by atoms with Crippen LogP contribution >= 0.6 is 0 Å². The van der Waals surface area contributed by atoms with Crippen molar-refractivity contribution in [3.8, 4) is 0 Å². The lowest BCUT2D eigenvalue weighted by atomic mass is 10.2. The van der Waals surface area contributed by atoms with Gasteiger partial charge in [0.1, 0.15) is 0 Å². The van der Waals surface area contributed by atoms with Crippen molar-refractivity contribution >= 4 is 5.91 Å². The van der Waals surface area contributed by atoms with Crippen LogP contribution in [-0.4, -0.2) is 27.3 Å². The van der Waals surface area contributed by atoms with Gasteiger partial charge in [-0.05, 0) is 6.92 Å². The number of carbonyl (C=O) groups excluding carboxylic acids is 1. The molecule has 0 saturated carbocycles. The summed E-state index contributed by atoms with van der Waals surface area (Å²) in [7, 11) is 0. The van der Waals surface area contributed by atoms with Crippen LogP contribution in [0, 0.1) is 0 Å². The number of aliphatic hydroxyl groups excluding tert-OH is 1. The molecule has 1 aromatic rings. The predicted molar refractivity (Wildman–Crippen MR) is 53.6 cm³/mol. The van der Waals surface area contributed by atoms with Crippen LogP contribution in [0.2, 0.25) is 0 Å². The van der Waals surface area contributed by atoms with Crippen molar-refractivity contribution in [3.05, 3.63) is 11.7 Å². The third-order valence-corrected chi connectivity index (χ3v) is 2.01. The molecule has 1 aromatic heterocycles. The van der Waals surface area contributed by atoms with Gasteiger partial charge in [0.2, 0.25) is 11.8 Å². The average Bonchev–Trinajstić information content (AvgIpc) is 2.63. The minimum absolute atomic E-state index is 0.0740. The summed E-state index contributed by atoms with van der Waals surface area (Å²) in [5.41, 5.74) is 16.1. The Balaban J connectivity index is 2.74. The third kappa shape index (κ3) is 2.99. The monoisotopic (exact) mass is 229 g/mol. The molecule has 0 aliphatic carbocycles. The van der Waals surface area contributed by atoms with Crippen LogP contribution in [-0.2, 0) is 4.79 Å². The van der Waals surface area contributed by atoms with Crippen molar-refractivity contribution in [3.63, 3.8) is 0 Å². The molecule has 0 aliphatic heterocycles. The molecule has 3 atom stereocenters. The first-order valence-electron chi connectivity index (χ1n) is 4.73. The molecular weight excluding hydrogens is 214 g/mol. The minimum Gasteiger partial charge on any atom is -0.391 e. The van der Waals surface area contributed by atoms with Crippen molar-refractivity contribution in [2.75, 3.05) is 0 Å². The SMILES string of the molecule is CC(O)[C@@H](N)c1noc([C@H](N)CC(N)=O)n1. The van der Waals surface area contributed by atoms with Crippen LogP contribution in [0.3, 0.4) is 0 Å². The van der Waals surface area contributed by atoms with Gasteiger partial charge in [0.15, 0.2) is 5.82 Å². The van der Waals surface area contributed by atoms with Gasteiger partial charge in [0.25, 0.3) is 0 Å². The lowest BCUT2D eigenvalue weighted by Crippen LogP contribution is -2.25. The van der Waals surface area contributed by atoms with Crippen LogP contribution in [0.1, 0.15) is 37.1 Å². The maximum Gasteiger partial charge on any atom is 0.244 e. The highest BCUT2D eigenvalue weighted by Gasteiger charge is 2.22. The fourth-order valence-corrected chi connectivity index (χ4v) is 1.05. The Bertz CT molecular complexity index is 364. The third-order valence-electron chi connectivity index (χ3n) is 2.01. The molecule has 8 nitrogen and oxygen atoms in total. The van der Waals surface area contributed by atoms with Crippen LogP contribution < -0.4 is 17.2 Å². The number of nitrogens with zero attached hydrogens (tertiary/aromatic N) is 2. The molecule has 16 heavy (non-hydrogen) atoms.